The van der Waals surface area contributed by atoms with Crippen LogP contribution in [0.5, 0.6) is 0 Å². The van der Waals surface area contributed by atoms with E-state index >= 15 is 0 Å². The maximum absolute atomic E-state index is 8.52. The molecule has 0 unspecified atom stereocenters. The van der Waals surface area contributed by atoms with Crippen molar-refractivity contribution in [1.29, 1.82) is 0 Å². The third-order valence-electron chi connectivity index (χ3n) is 0. The van der Waals surface area contributed by atoms with Gasteiger partial charge in [-0.2, -0.15) is 0 Å². The Kier molecular flexibility index (Phi) is 13.6. The molecule has 0 aromatic rings. The van der Waals surface area contributed by atoms with Crippen molar-refractivity contribution in [3.8, 4) is 0 Å². The van der Waals surface area contributed by atoms with Crippen molar-refractivity contribution in [3.05, 3.63) is 0 Å². The normalized spacial score (nSPS) is 8.31. The van der Waals surface area contributed by atoms with Gasteiger partial charge < -0.3 is 32.0 Å². The van der Waals surface area contributed by atoms with Crippen LogP contribution >= 0.6 is 24.4 Å². The third-order valence-corrected chi connectivity index (χ3v) is 0. The summed E-state index contributed by atoms with van der Waals surface area (Å²) in [6, 6.07) is 0. The second kappa shape index (κ2) is 9.66. The topological polar surface area (TPSA) is 188 Å². The van der Waals surface area contributed by atoms with Crippen molar-refractivity contribution in [3.63, 3.8) is 0 Å². The number of hydrogen-bond acceptors (Lipinski definition) is 6. The maximum Gasteiger partial charge on any atom is 0.262 e. The minimum atomic E-state index is -5.17. The van der Waals surface area contributed by atoms with Gasteiger partial charge in [-0.3, -0.25) is 8.42 Å². The van der Waals surface area contributed by atoms with Crippen molar-refractivity contribution in [2.75, 3.05) is 0 Å². The summed E-state index contributed by atoms with van der Waals surface area (Å²) in [5, 5.41) is 0.500. The Balaban J connectivity index is -0.000000117. The zero-order chi connectivity index (χ0) is 11.7. The molecule has 0 aliphatic carbocycles. The molecule has 11 heteroatoms. The molecule has 0 bridgehead atoms. The molecule has 0 heterocycles. The van der Waals surface area contributed by atoms with E-state index in [1.807, 2.05) is 0 Å². The van der Waals surface area contributed by atoms with Crippen LogP contribution < -0.4 is 22.9 Å². The van der Waals surface area contributed by atoms with Gasteiger partial charge in [0, 0.05) is 34.8 Å². The minimum Gasteiger partial charge on any atom is -0.759 e. The molecular weight excluding hydrogens is 240 g/mol. The van der Waals surface area contributed by atoms with E-state index in [0.29, 0.717) is 0 Å². The summed E-state index contributed by atoms with van der Waals surface area (Å²) in [6.07, 6.45) is 0. The van der Waals surface area contributed by atoms with E-state index in [-0.39, 0.29) is 10.2 Å². The highest BCUT2D eigenvalue weighted by atomic mass is 32.3. The summed E-state index contributed by atoms with van der Waals surface area (Å²) in [6.45, 7) is 0. The molecular formula is C2H10N4O4S3. The fraction of sp³-hybridized carbons (Fsp3) is 0. The van der Waals surface area contributed by atoms with Gasteiger partial charge in [-0.15, -0.1) is 0 Å². The van der Waals surface area contributed by atoms with Gasteiger partial charge in [-0.05, 0) is 0 Å². The zero-order valence-corrected chi connectivity index (χ0v) is 8.88. The van der Waals surface area contributed by atoms with Gasteiger partial charge in [-0.1, -0.05) is 0 Å². The van der Waals surface area contributed by atoms with Gasteiger partial charge in [0.05, 0.1) is 0 Å². The smallest absolute Gasteiger partial charge is 0.262 e. The molecule has 0 fully saturated rings. The molecule has 0 saturated carbocycles. The summed E-state index contributed by atoms with van der Waals surface area (Å²) in [5.74, 6) is 0. The summed E-state index contributed by atoms with van der Waals surface area (Å²) in [5.41, 5.74) is 15.8. The highest BCUT2D eigenvalue weighted by Gasteiger charge is 1.61. The van der Waals surface area contributed by atoms with Crippen LogP contribution in [-0.2, 0) is 10.4 Å². The third kappa shape index (κ3) is 5730. The fourth-order valence-electron chi connectivity index (χ4n) is 0. The predicted molar refractivity (Wildman–Crippen MR) is 49.8 cm³/mol. The highest BCUT2D eigenvalue weighted by Crippen LogP contribution is 1.57. The average molecular weight is 250 g/mol. The lowest BCUT2D eigenvalue weighted by Crippen LogP contribution is -2.60. The first-order valence-electron chi connectivity index (χ1n) is 2.36. The van der Waals surface area contributed by atoms with Crippen LogP contribution in [0.3, 0.4) is 0 Å². The van der Waals surface area contributed by atoms with Crippen molar-refractivity contribution in [2.24, 2.45) is 11.5 Å². The van der Waals surface area contributed by atoms with Crippen molar-refractivity contribution < 1.29 is 29.0 Å². The van der Waals surface area contributed by atoms with Crippen LogP contribution in [0.4, 0.5) is 0 Å². The van der Waals surface area contributed by atoms with E-state index in [0.717, 1.165) is 0 Å². The maximum atomic E-state index is 8.52. The summed E-state index contributed by atoms with van der Waals surface area (Å²) in [7, 11) is -5.17. The van der Waals surface area contributed by atoms with Crippen LogP contribution in [0.1, 0.15) is 0 Å². The molecule has 0 aliphatic rings. The molecule has 0 rings (SSSR count). The fourth-order valence-corrected chi connectivity index (χ4v) is 0. The van der Waals surface area contributed by atoms with E-state index in [1.165, 1.54) is 0 Å². The molecule has 0 atom stereocenters. The number of nitrogens with two attached hydrogens (primary N) is 2. The first-order chi connectivity index (χ1) is 5.46. The van der Waals surface area contributed by atoms with Crippen molar-refractivity contribution >= 4 is 45.1 Å². The zero-order valence-electron chi connectivity index (χ0n) is 6.43. The summed E-state index contributed by atoms with van der Waals surface area (Å²) < 4.78 is 34.1. The summed E-state index contributed by atoms with van der Waals surface area (Å²) in [4.78, 5) is 0. The van der Waals surface area contributed by atoms with Gasteiger partial charge in [0.1, 0.15) is 0 Å². The predicted octanol–water partition coefficient (Wildman–Crippen LogP) is -4.39. The van der Waals surface area contributed by atoms with E-state index < -0.39 is 10.4 Å². The van der Waals surface area contributed by atoms with E-state index in [9.17, 15) is 0 Å². The lowest BCUT2D eigenvalue weighted by atomic mass is 11.3. The molecule has 0 aromatic carbocycles. The molecule has 0 amide bonds. The monoisotopic (exact) mass is 250 g/mol. The molecule has 0 spiro atoms. The quantitative estimate of drug-likeness (QED) is 0.188. The Hall–Kier alpha value is -0.430. The SMILES string of the molecule is NC([NH3+])=S.NC([NH3+])=S.O=S(=O)([O-])[O-]. The van der Waals surface area contributed by atoms with Crippen LogP contribution in [0.2, 0.25) is 0 Å². The van der Waals surface area contributed by atoms with E-state index in [1.54, 1.807) is 0 Å². The van der Waals surface area contributed by atoms with Gasteiger partial charge in [0.15, 0.2) is 0 Å². The van der Waals surface area contributed by atoms with Gasteiger partial charge in [-0.25, -0.2) is 0 Å². The minimum absolute atomic E-state index is 0.250. The molecule has 13 heavy (non-hydrogen) atoms. The van der Waals surface area contributed by atoms with Crippen molar-refractivity contribution in [1.82, 2.24) is 0 Å². The standard InChI is InChI=1S/2CH4N2S.H2O4S/c2*2-1(3)4;1-5(2,3)4/h2*(H4,2,3,4);(H2,1,2,3,4). The van der Waals surface area contributed by atoms with Crippen molar-refractivity contribution in [2.45, 2.75) is 0 Å². The van der Waals surface area contributed by atoms with E-state index in [2.05, 4.69) is 35.9 Å². The average Bonchev–Trinajstić information content (AvgIpc) is 1.50. The van der Waals surface area contributed by atoms with Crippen LogP contribution in [0.25, 0.3) is 0 Å². The lowest BCUT2D eigenvalue weighted by molar-refractivity contribution is -0.211. The van der Waals surface area contributed by atoms with Gasteiger partial charge in [0.2, 0.25) is 0 Å². The second-order valence-electron chi connectivity index (χ2n) is 1.34. The van der Waals surface area contributed by atoms with Crippen LogP contribution in [0.15, 0.2) is 0 Å². The van der Waals surface area contributed by atoms with Gasteiger partial charge >= 0.3 is 0 Å². The number of quaternary nitrogens is 2. The largest absolute Gasteiger partial charge is 0.759 e. The Morgan fingerprint density at radius 3 is 1.08 bits per heavy atom. The highest BCUT2D eigenvalue weighted by molar-refractivity contribution is 7.80. The summed E-state index contributed by atoms with van der Waals surface area (Å²) >= 11 is 8.41. The second-order valence-corrected chi connectivity index (χ2v) is 3.21. The molecule has 80 valence electrons. The Morgan fingerprint density at radius 1 is 1.08 bits per heavy atom. The molecule has 0 aromatic heterocycles. The molecule has 0 saturated heterocycles. The van der Waals surface area contributed by atoms with E-state index in [4.69, 9.17) is 29.0 Å². The number of thiocarbonyl (C=S) groups is 2. The molecule has 0 aliphatic heterocycles. The van der Waals surface area contributed by atoms with Gasteiger partial charge in [0.25, 0.3) is 10.2 Å². The lowest BCUT2D eigenvalue weighted by Gasteiger charge is -2.06. The van der Waals surface area contributed by atoms with Crippen LogP contribution in [-0.4, -0.2) is 27.7 Å². The molecule has 8 nitrogen and oxygen atoms in total. The molecule has 0 radical (unpaired) electrons. The molecule has 10 N–H and O–H groups in total. The Labute approximate surface area is 85.8 Å². The Bertz CT molecular complexity index is 220. The Morgan fingerprint density at radius 2 is 1.08 bits per heavy atom. The first kappa shape index (κ1) is 18.4. The number of hydrogen-bond donors (Lipinski definition) is 4. The number of rotatable bonds is 0. The van der Waals surface area contributed by atoms with Crippen LogP contribution in [0, 0.1) is 0 Å². The first-order valence-corrected chi connectivity index (χ1v) is 4.51.